The van der Waals surface area contributed by atoms with Crippen molar-refractivity contribution in [3.05, 3.63) is 47.1 Å². The second-order valence-corrected chi connectivity index (χ2v) is 5.05. The van der Waals surface area contributed by atoms with Crippen molar-refractivity contribution in [3.8, 4) is 0 Å². The molecule has 1 aliphatic rings. The van der Waals surface area contributed by atoms with Crippen molar-refractivity contribution in [2.75, 3.05) is 6.61 Å². The summed E-state index contributed by atoms with van der Waals surface area (Å²) in [6.45, 7) is 8.81. The minimum absolute atomic E-state index is 0.109. The van der Waals surface area contributed by atoms with E-state index in [0.717, 1.165) is 12.0 Å². The van der Waals surface area contributed by atoms with Gasteiger partial charge in [0.1, 0.15) is 0 Å². The predicted octanol–water partition coefficient (Wildman–Crippen LogP) is 3.78. The molecule has 1 nitrogen and oxygen atoms in total. The summed E-state index contributed by atoms with van der Waals surface area (Å²) in [4.78, 5) is 0. The van der Waals surface area contributed by atoms with Gasteiger partial charge in [-0.25, -0.2) is 0 Å². The first-order valence-electron chi connectivity index (χ1n) is 5.81. The summed E-state index contributed by atoms with van der Waals surface area (Å²) in [7, 11) is 0. The van der Waals surface area contributed by atoms with Crippen LogP contribution in [0.3, 0.4) is 0 Å². The predicted molar refractivity (Wildman–Crippen MR) is 70.2 cm³/mol. The maximum atomic E-state index is 8.79. The van der Waals surface area contributed by atoms with Crippen LogP contribution in [0.5, 0.6) is 0 Å². The zero-order valence-electron chi connectivity index (χ0n) is 10.7. The molecule has 0 saturated heterocycles. The Balaban J connectivity index is 2.94. The van der Waals surface area contributed by atoms with Crippen LogP contribution < -0.4 is 0 Å². The molecule has 0 radical (unpaired) electrons. The third kappa shape index (κ3) is 3.21. The number of allylic oxidation sites excluding steroid dienone is 7. The van der Waals surface area contributed by atoms with Gasteiger partial charge in [0, 0.05) is 0 Å². The normalized spacial score (nSPS) is 20.9. The fourth-order valence-electron chi connectivity index (χ4n) is 2.05. The van der Waals surface area contributed by atoms with Crippen molar-refractivity contribution in [1.82, 2.24) is 0 Å². The van der Waals surface area contributed by atoms with Gasteiger partial charge in [0.2, 0.25) is 0 Å². The maximum Gasteiger partial charge on any atom is 0.0617 e. The quantitative estimate of drug-likeness (QED) is 0.715. The zero-order chi connectivity index (χ0) is 12.2. The molecule has 0 heterocycles. The molecule has 0 aromatic heterocycles. The van der Waals surface area contributed by atoms with Gasteiger partial charge in [0.25, 0.3) is 0 Å². The van der Waals surface area contributed by atoms with Gasteiger partial charge in [-0.05, 0) is 36.8 Å². The van der Waals surface area contributed by atoms with E-state index in [1.165, 1.54) is 11.1 Å². The second kappa shape index (κ2) is 5.31. The van der Waals surface area contributed by atoms with Crippen LogP contribution in [-0.4, -0.2) is 11.7 Å². The van der Waals surface area contributed by atoms with E-state index in [9.17, 15) is 0 Å². The highest BCUT2D eigenvalue weighted by atomic mass is 16.2. The summed E-state index contributed by atoms with van der Waals surface area (Å²) in [5, 5.41) is 8.79. The minimum atomic E-state index is 0.109. The SMILES string of the molecule is CC1=C(/C=C/C(C)=C\CO)C(C)(C)CC=C1. The summed E-state index contributed by atoms with van der Waals surface area (Å²) in [5.74, 6) is 0. The van der Waals surface area contributed by atoms with Crippen molar-refractivity contribution in [2.24, 2.45) is 5.41 Å². The highest BCUT2D eigenvalue weighted by Crippen LogP contribution is 2.37. The van der Waals surface area contributed by atoms with Gasteiger partial charge in [-0.15, -0.1) is 0 Å². The van der Waals surface area contributed by atoms with Crippen LogP contribution in [0.15, 0.2) is 47.1 Å². The largest absolute Gasteiger partial charge is 0.392 e. The summed E-state index contributed by atoms with van der Waals surface area (Å²) in [5.41, 5.74) is 4.05. The number of hydrogen-bond donors (Lipinski definition) is 1. The van der Waals surface area contributed by atoms with E-state index < -0.39 is 0 Å². The molecule has 0 bridgehead atoms. The number of aliphatic hydroxyl groups is 1. The lowest BCUT2D eigenvalue weighted by Gasteiger charge is -2.29. The average molecular weight is 218 g/mol. The van der Waals surface area contributed by atoms with Crippen molar-refractivity contribution in [2.45, 2.75) is 34.1 Å². The zero-order valence-corrected chi connectivity index (χ0v) is 10.7. The Morgan fingerprint density at radius 2 is 2.19 bits per heavy atom. The van der Waals surface area contributed by atoms with Gasteiger partial charge in [0.05, 0.1) is 6.61 Å². The molecule has 0 atom stereocenters. The van der Waals surface area contributed by atoms with Gasteiger partial charge in [0.15, 0.2) is 0 Å². The fraction of sp³-hybridized carbons (Fsp3) is 0.467. The van der Waals surface area contributed by atoms with Crippen molar-refractivity contribution in [3.63, 3.8) is 0 Å². The van der Waals surface area contributed by atoms with Crippen LogP contribution >= 0.6 is 0 Å². The Labute approximate surface area is 98.9 Å². The smallest absolute Gasteiger partial charge is 0.0617 e. The Bertz CT molecular complexity index is 365. The molecule has 0 saturated carbocycles. The van der Waals surface area contributed by atoms with E-state index in [2.05, 4.69) is 45.1 Å². The van der Waals surface area contributed by atoms with E-state index in [1.807, 2.05) is 13.0 Å². The van der Waals surface area contributed by atoms with Gasteiger partial charge in [-0.3, -0.25) is 0 Å². The van der Waals surface area contributed by atoms with Crippen LogP contribution in [0.25, 0.3) is 0 Å². The minimum Gasteiger partial charge on any atom is -0.392 e. The third-order valence-corrected chi connectivity index (χ3v) is 3.08. The number of rotatable bonds is 3. The molecule has 16 heavy (non-hydrogen) atoms. The standard InChI is InChI=1S/C15H22O/c1-12(9-11-16)7-8-14-13(2)6-5-10-15(14,3)4/h5-9,16H,10-11H2,1-4H3/b8-7+,12-9-. The highest BCUT2D eigenvalue weighted by molar-refractivity contribution is 5.41. The van der Waals surface area contributed by atoms with E-state index in [-0.39, 0.29) is 12.0 Å². The molecule has 1 aliphatic carbocycles. The first-order chi connectivity index (χ1) is 7.47. The summed E-state index contributed by atoms with van der Waals surface area (Å²) in [6, 6.07) is 0. The molecule has 0 fully saturated rings. The molecule has 0 unspecified atom stereocenters. The topological polar surface area (TPSA) is 20.2 Å². The highest BCUT2D eigenvalue weighted by Gasteiger charge is 2.23. The van der Waals surface area contributed by atoms with E-state index in [0.29, 0.717) is 0 Å². The number of hydrogen-bond acceptors (Lipinski definition) is 1. The fourth-order valence-corrected chi connectivity index (χ4v) is 2.05. The third-order valence-electron chi connectivity index (χ3n) is 3.08. The van der Waals surface area contributed by atoms with E-state index in [1.54, 1.807) is 0 Å². The Morgan fingerprint density at radius 1 is 1.50 bits per heavy atom. The molecule has 1 rings (SSSR count). The summed E-state index contributed by atoms with van der Waals surface area (Å²) in [6.07, 6.45) is 11.6. The van der Waals surface area contributed by atoms with Gasteiger partial charge < -0.3 is 5.11 Å². The van der Waals surface area contributed by atoms with Gasteiger partial charge in [-0.1, -0.05) is 49.8 Å². The lowest BCUT2D eigenvalue weighted by atomic mass is 9.75. The van der Waals surface area contributed by atoms with Gasteiger partial charge >= 0.3 is 0 Å². The van der Waals surface area contributed by atoms with Crippen LogP contribution in [-0.2, 0) is 0 Å². The van der Waals surface area contributed by atoms with Crippen molar-refractivity contribution >= 4 is 0 Å². The molecule has 0 amide bonds. The molecule has 0 aliphatic heterocycles. The maximum absolute atomic E-state index is 8.79. The lowest BCUT2D eigenvalue weighted by molar-refractivity contribution is 0.342. The van der Waals surface area contributed by atoms with Gasteiger partial charge in [-0.2, -0.15) is 0 Å². The Kier molecular flexibility index (Phi) is 4.31. The molecule has 0 spiro atoms. The van der Waals surface area contributed by atoms with Crippen molar-refractivity contribution < 1.29 is 5.11 Å². The molecule has 1 heteroatoms. The first kappa shape index (κ1) is 13.0. The Hall–Kier alpha value is -1.08. The lowest BCUT2D eigenvalue weighted by Crippen LogP contribution is -2.16. The molecule has 0 aromatic rings. The molecule has 0 aromatic carbocycles. The van der Waals surface area contributed by atoms with Crippen LogP contribution in [0.4, 0.5) is 0 Å². The molecule has 1 N–H and O–H groups in total. The second-order valence-electron chi connectivity index (χ2n) is 5.05. The monoisotopic (exact) mass is 218 g/mol. The number of aliphatic hydroxyl groups excluding tert-OH is 1. The molecule has 88 valence electrons. The van der Waals surface area contributed by atoms with Crippen LogP contribution in [0.1, 0.15) is 34.1 Å². The summed E-state index contributed by atoms with van der Waals surface area (Å²) >= 11 is 0. The molecular weight excluding hydrogens is 196 g/mol. The summed E-state index contributed by atoms with van der Waals surface area (Å²) < 4.78 is 0. The van der Waals surface area contributed by atoms with E-state index in [4.69, 9.17) is 5.11 Å². The van der Waals surface area contributed by atoms with Crippen molar-refractivity contribution in [1.29, 1.82) is 0 Å². The molecular formula is C15H22O. The van der Waals surface area contributed by atoms with E-state index >= 15 is 0 Å². The van der Waals surface area contributed by atoms with Crippen LogP contribution in [0.2, 0.25) is 0 Å². The Morgan fingerprint density at radius 3 is 2.75 bits per heavy atom. The first-order valence-corrected chi connectivity index (χ1v) is 5.81. The average Bonchev–Trinajstić information content (AvgIpc) is 2.16. The van der Waals surface area contributed by atoms with Crippen LogP contribution in [0, 0.1) is 5.41 Å².